The van der Waals surface area contributed by atoms with Crippen LogP contribution in [-0.4, -0.2) is 27.0 Å². The number of hydrogen-bond acceptors (Lipinski definition) is 3. The van der Waals surface area contributed by atoms with E-state index in [2.05, 4.69) is 0 Å². The fourth-order valence-electron chi connectivity index (χ4n) is 2.23. The highest BCUT2D eigenvalue weighted by molar-refractivity contribution is 7.90. The zero-order valence-electron chi connectivity index (χ0n) is 13.0. The average Bonchev–Trinajstić information content (AvgIpc) is 2.50. The van der Waals surface area contributed by atoms with E-state index in [0.717, 1.165) is 12.3 Å². The Hall–Kier alpha value is -2.02. The van der Waals surface area contributed by atoms with Gasteiger partial charge in [0.1, 0.15) is 15.6 Å². The van der Waals surface area contributed by atoms with Crippen molar-refractivity contribution >= 4 is 9.84 Å². The van der Waals surface area contributed by atoms with Crippen LogP contribution >= 0.6 is 0 Å². The molecule has 0 radical (unpaired) electrons. The van der Waals surface area contributed by atoms with Crippen LogP contribution in [0.1, 0.15) is 12.0 Å². The molecule has 0 spiro atoms. The van der Waals surface area contributed by atoms with Gasteiger partial charge in [-0.25, -0.2) is 8.42 Å². The molecule has 0 saturated heterocycles. The number of sulfone groups is 1. The summed E-state index contributed by atoms with van der Waals surface area (Å²) in [5.41, 5.74) is -0.241. The molecule has 0 unspecified atom stereocenters. The molecule has 0 fully saturated rings. The second-order valence-corrected chi connectivity index (χ2v) is 7.66. The van der Waals surface area contributed by atoms with E-state index in [-0.39, 0.29) is 30.1 Å². The molecule has 130 valence electrons. The van der Waals surface area contributed by atoms with Crippen LogP contribution in [0.5, 0.6) is 5.75 Å². The largest absolute Gasteiger partial charge is 0.494 e. The van der Waals surface area contributed by atoms with Gasteiger partial charge in [-0.2, -0.15) is 13.2 Å². The molecule has 0 heterocycles. The minimum atomic E-state index is -4.52. The molecule has 0 aliphatic carbocycles. The lowest BCUT2D eigenvalue weighted by atomic mass is 9.99. The molecule has 0 aromatic heterocycles. The van der Waals surface area contributed by atoms with Crippen molar-refractivity contribution in [2.24, 2.45) is 0 Å². The van der Waals surface area contributed by atoms with E-state index in [0.29, 0.717) is 5.56 Å². The van der Waals surface area contributed by atoms with Crippen molar-refractivity contribution in [2.45, 2.75) is 12.6 Å². The Morgan fingerprint density at radius 2 is 1.71 bits per heavy atom. The lowest BCUT2D eigenvalue weighted by Crippen LogP contribution is -2.10. The van der Waals surface area contributed by atoms with Crippen molar-refractivity contribution in [2.75, 3.05) is 18.6 Å². The van der Waals surface area contributed by atoms with Crippen LogP contribution in [0.2, 0.25) is 0 Å². The summed E-state index contributed by atoms with van der Waals surface area (Å²) in [4.78, 5) is 0. The molecule has 0 aliphatic heterocycles. The van der Waals surface area contributed by atoms with Crippen molar-refractivity contribution in [3.8, 4) is 16.9 Å². The first kappa shape index (κ1) is 18.3. The van der Waals surface area contributed by atoms with E-state index < -0.39 is 21.6 Å². The molecule has 3 nitrogen and oxygen atoms in total. The second-order valence-electron chi connectivity index (χ2n) is 5.40. The molecule has 0 amide bonds. The standard InChI is InChI=1S/C17H17F3O3S/c1-24(21,22)11-5-10-23-14-8-9-15(13-6-3-2-4-7-13)16(12-14)17(18,19)20/h2-4,6-9,12H,5,10-11H2,1H3. The Kier molecular flexibility index (Phi) is 5.54. The minimum Gasteiger partial charge on any atom is -0.494 e. The molecule has 0 atom stereocenters. The van der Waals surface area contributed by atoms with Gasteiger partial charge in [0.15, 0.2) is 0 Å². The molecule has 0 aliphatic rings. The van der Waals surface area contributed by atoms with Gasteiger partial charge >= 0.3 is 6.18 Å². The lowest BCUT2D eigenvalue weighted by molar-refractivity contribution is -0.137. The van der Waals surface area contributed by atoms with Crippen molar-refractivity contribution in [1.29, 1.82) is 0 Å². The van der Waals surface area contributed by atoms with Crippen LogP contribution in [0.3, 0.4) is 0 Å². The van der Waals surface area contributed by atoms with Crippen molar-refractivity contribution in [3.05, 3.63) is 54.1 Å². The summed E-state index contributed by atoms with van der Waals surface area (Å²) < 4.78 is 67.3. The molecular weight excluding hydrogens is 341 g/mol. The highest BCUT2D eigenvalue weighted by Gasteiger charge is 2.34. The predicted octanol–water partition coefficient (Wildman–Crippen LogP) is 4.19. The summed E-state index contributed by atoms with van der Waals surface area (Å²) in [7, 11) is -3.11. The fourth-order valence-corrected chi connectivity index (χ4v) is 2.87. The maximum absolute atomic E-state index is 13.3. The fraction of sp³-hybridized carbons (Fsp3) is 0.294. The van der Waals surface area contributed by atoms with E-state index >= 15 is 0 Å². The van der Waals surface area contributed by atoms with Crippen LogP contribution in [0.25, 0.3) is 11.1 Å². The first-order valence-corrected chi connectivity index (χ1v) is 9.30. The van der Waals surface area contributed by atoms with Crippen molar-refractivity contribution < 1.29 is 26.3 Å². The molecule has 24 heavy (non-hydrogen) atoms. The highest BCUT2D eigenvalue weighted by atomic mass is 32.2. The molecule has 0 N–H and O–H groups in total. The monoisotopic (exact) mass is 358 g/mol. The number of ether oxygens (including phenoxy) is 1. The van der Waals surface area contributed by atoms with E-state index in [1.807, 2.05) is 0 Å². The van der Waals surface area contributed by atoms with Crippen LogP contribution in [-0.2, 0) is 16.0 Å². The summed E-state index contributed by atoms with van der Waals surface area (Å²) >= 11 is 0. The molecule has 2 rings (SSSR count). The van der Waals surface area contributed by atoms with E-state index in [1.165, 1.54) is 12.1 Å². The number of benzene rings is 2. The third-order valence-corrected chi connectivity index (χ3v) is 4.34. The van der Waals surface area contributed by atoms with Crippen LogP contribution in [0.15, 0.2) is 48.5 Å². The zero-order chi connectivity index (χ0) is 17.8. The van der Waals surface area contributed by atoms with Gasteiger partial charge in [0.05, 0.1) is 17.9 Å². The molecule has 2 aromatic carbocycles. The third kappa shape index (κ3) is 5.26. The van der Waals surface area contributed by atoms with Crippen molar-refractivity contribution in [1.82, 2.24) is 0 Å². The summed E-state index contributed by atoms with van der Waals surface area (Å²) in [6, 6.07) is 12.1. The van der Waals surface area contributed by atoms with Crippen molar-refractivity contribution in [3.63, 3.8) is 0 Å². The number of halogens is 3. The van der Waals surface area contributed by atoms with Gasteiger partial charge in [-0.15, -0.1) is 0 Å². The molecule has 0 bridgehead atoms. The summed E-state index contributed by atoms with van der Waals surface area (Å²) in [6.07, 6.45) is -3.19. The van der Waals surface area contributed by atoms with Gasteiger partial charge in [-0.05, 0) is 29.7 Å². The second kappa shape index (κ2) is 7.25. The maximum Gasteiger partial charge on any atom is 0.417 e. The Labute approximate surface area is 139 Å². The third-order valence-electron chi connectivity index (χ3n) is 3.31. The van der Waals surface area contributed by atoms with Crippen LogP contribution in [0, 0.1) is 0 Å². The van der Waals surface area contributed by atoms with Gasteiger partial charge in [-0.1, -0.05) is 36.4 Å². The topological polar surface area (TPSA) is 43.4 Å². The van der Waals surface area contributed by atoms with Gasteiger partial charge < -0.3 is 4.74 Å². The molecular formula is C17H17F3O3S. The van der Waals surface area contributed by atoms with Crippen LogP contribution < -0.4 is 4.74 Å². The molecule has 0 saturated carbocycles. The Balaban J connectivity index is 2.21. The SMILES string of the molecule is CS(=O)(=O)CCCOc1ccc(-c2ccccc2)c(C(F)(F)F)c1. The quantitative estimate of drug-likeness (QED) is 0.728. The zero-order valence-corrected chi connectivity index (χ0v) is 13.8. The van der Waals surface area contributed by atoms with Gasteiger partial charge in [-0.3, -0.25) is 0 Å². The molecule has 7 heteroatoms. The number of rotatable bonds is 6. The van der Waals surface area contributed by atoms with Gasteiger partial charge in [0, 0.05) is 6.26 Å². The van der Waals surface area contributed by atoms with Gasteiger partial charge in [0.2, 0.25) is 0 Å². The first-order chi connectivity index (χ1) is 11.2. The summed E-state index contributed by atoms with van der Waals surface area (Å²) in [6.45, 7) is 0.0368. The van der Waals surface area contributed by atoms with E-state index in [4.69, 9.17) is 4.74 Å². The smallest absolute Gasteiger partial charge is 0.417 e. The van der Waals surface area contributed by atoms with Crippen LogP contribution in [0.4, 0.5) is 13.2 Å². The van der Waals surface area contributed by atoms with Gasteiger partial charge in [0.25, 0.3) is 0 Å². The van der Waals surface area contributed by atoms with E-state index in [9.17, 15) is 21.6 Å². The highest BCUT2D eigenvalue weighted by Crippen LogP contribution is 2.39. The summed E-state index contributed by atoms with van der Waals surface area (Å²) in [5.74, 6) is -0.00294. The summed E-state index contributed by atoms with van der Waals surface area (Å²) in [5, 5.41) is 0. The first-order valence-electron chi connectivity index (χ1n) is 7.24. The lowest BCUT2D eigenvalue weighted by Gasteiger charge is -2.15. The Morgan fingerprint density at radius 1 is 1.04 bits per heavy atom. The Bertz CT molecular complexity index is 784. The van der Waals surface area contributed by atoms with E-state index in [1.54, 1.807) is 30.3 Å². The average molecular weight is 358 g/mol. The predicted molar refractivity (Wildman–Crippen MR) is 86.7 cm³/mol. The maximum atomic E-state index is 13.3. The molecule has 2 aromatic rings. The normalized spacial score (nSPS) is 12.2. The Morgan fingerprint density at radius 3 is 2.29 bits per heavy atom. The number of hydrogen-bond donors (Lipinski definition) is 0. The minimum absolute atomic E-state index is 0.0368. The number of alkyl halides is 3.